The van der Waals surface area contributed by atoms with E-state index in [1.807, 2.05) is 0 Å². The van der Waals surface area contributed by atoms with Crippen molar-refractivity contribution in [2.75, 3.05) is 0 Å². The zero-order valence-corrected chi connectivity index (χ0v) is 18.9. The zero-order valence-electron chi connectivity index (χ0n) is 18.1. The Hall–Kier alpha value is -3.22. The molecule has 1 aromatic carbocycles. The maximum atomic E-state index is 13.5. The van der Waals surface area contributed by atoms with Crippen LogP contribution in [0.2, 0.25) is 0 Å². The summed E-state index contributed by atoms with van der Waals surface area (Å²) in [6.07, 6.45) is 3.73. The normalized spacial score (nSPS) is 19.7. The minimum Gasteiger partial charge on any atom is -0.328 e. The third-order valence-corrected chi connectivity index (χ3v) is 7.76. The van der Waals surface area contributed by atoms with Gasteiger partial charge < -0.3 is 10.7 Å². The van der Waals surface area contributed by atoms with Crippen LogP contribution in [-0.2, 0) is 16.4 Å². The summed E-state index contributed by atoms with van der Waals surface area (Å²) in [5.41, 5.74) is 5.86. The molecule has 0 radical (unpaired) electrons. The molecule has 2 aromatic heterocycles. The molecule has 1 unspecified atom stereocenters. The number of nitrogens with two attached hydrogens (primary N) is 1. The van der Waals surface area contributed by atoms with Gasteiger partial charge in [0.15, 0.2) is 4.90 Å². The first-order chi connectivity index (χ1) is 16.1. The Kier molecular flexibility index (Phi) is 6.73. The van der Waals surface area contributed by atoms with Crippen LogP contribution in [0.5, 0.6) is 0 Å². The molecule has 0 saturated heterocycles. The number of hydrogen-bond donors (Lipinski definition) is 3. The number of H-pyrrole nitrogens is 1. The smallest absolute Gasteiger partial charge is 0.289 e. The average molecular weight is 490 g/mol. The van der Waals surface area contributed by atoms with E-state index in [2.05, 4.69) is 14.7 Å². The topological polar surface area (TPSA) is 161 Å². The van der Waals surface area contributed by atoms with Gasteiger partial charge in [-0.05, 0) is 50.2 Å². The predicted octanol–water partition coefficient (Wildman–Crippen LogP) is 2.38. The Balaban J connectivity index is 1.70. The first kappa shape index (κ1) is 23.9. The molecule has 12 heteroatoms. The van der Waals surface area contributed by atoms with E-state index >= 15 is 0 Å². The third-order valence-electron chi connectivity index (χ3n) is 6.22. The molecule has 0 bridgehead atoms. The third kappa shape index (κ3) is 5.13. The van der Waals surface area contributed by atoms with E-state index in [9.17, 15) is 27.7 Å². The first-order valence-corrected chi connectivity index (χ1v) is 12.3. The van der Waals surface area contributed by atoms with E-state index in [-0.39, 0.29) is 29.5 Å². The van der Waals surface area contributed by atoms with Crippen molar-refractivity contribution >= 4 is 26.7 Å². The Morgan fingerprint density at radius 2 is 1.94 bits per heavy atom. The van der Waals surface area contributed by atoms with Gasteiger partial charge in [0.2, 0.25) is 10.0 Å². The monoisotopic (exact) mass is 489 g/mol. The lowest BCUT2D eigenvalue weighted by atomic mass is 9.80. The summed E-state index contributed by atoms with van der Waals surface area (Å²) in [7, 11) is -4.28. The number of fused-ring (bicyclic) bond motifs is 1. The second-order valence-corrected chi connectivity index (χ2v) is 10.2. The quantitative estimate of drug-likeness (QED) is 0.339. The number of nitro groups is 1. The van der Waals surface area contributed by atoms with Crippen LogP contribution in [0.3, 0.4) is 0 Å². The van der Waals surface area contributed by atoms with Crippen molar-refractivity contribution in [3.63, 3.8) is 0 Å². The van der Waals surface area contributed by atoms with Gasteiger partial charge in [-0.1, -0.05) is 12.1 Å². The molecular weight excluding hydrogens is 465 g/mol. The highest BCUT2D eigenvalue weighted by atomic mass is 32.2. The fourth-order valence-electron chi connectivity index (χ4n) is 4.44. The van der Waals surface area contributed by atoms with Gasteiger partial charge in [-0.25, -0.2) is 17.5 Å². The molecule has 1 fully saturated rings. The molecule has 10 nitrogen and oxygen atoms in total. The Bertz CT molecular complexity index is 1390. The number of aromatic amines is 1. The molecule has 0 aliphatic heterocycles. The van der Waals surface area contributed by atoms with Gasteiger partial charge in [-0.3, -0.25) is 19.9 Å². The molecule has 0 spiro atoms. The molecule has 2 heterocycles. The van der Waals surface area contributed by atoms with Gasteiger partial charge in [-0.2, -0.15) is 0 Å². The lowest BCUT2D eigenvalue weighted by Gasteiger charge is -2.33. The van der Waals surface area contributed by atoms with Gasteiger partial charge in [0.25, 0.3) is 11.2 Å². The van der Waals surface area contributed by atoms with Crippen molar-refractivity contribution in [1.82, 2.24) is 14.7 Å². The van der Waals surface area contributed by atoms with Crippen LogP contribution in [-0.4, -0.2) is 35.4 Å². The van der Waals surface area contributed by atoms with E-state index in [0.29, 0.717) is 31.2 Å². The van der Waals surface area contributed by atoms with Crippen LogP contribution in [0.1, 0.15) is 31.2 Å². The maximum absolute atomic E-state index is 13.5. The predicted molar refractivity (Wildman–Crippen MR) is 123 cm³/mol. The van der Waals surface area contributed by atoms with Gasteiger partial charge in [0, 0.05) is 29.8 Å². The van der Waals surface area contributed by atoms with E-state index in [0.717, 1.165) is 18.3 Å². The summed E-state index contributed by atoms with van der Waals surface area (Å²) in [6, 6.07) is 7.08. The fourth-order valence-corrected chi connectivity index (χ4v) is 5.91. The second kappa shape index (κ2) is 9.57. The Morgan fingerprint density at radius 3 is 2.65 bits per heavy atom. The van der Waals surface area contributed by atoms with E-state index < -0.39 is 42.9 Å². The van der Waals surface area contributed by atoms with Crippen LogP contribution >= 0.6 is 0 Å². The molecule has 1 saturated carbocycles. The van der Waals surface area contributed by atoms with Crippen molar-refractivity contribution in [1.29, 1.82) is 0 Å². The van der Waals surface area contributed by atoms with Gasteiger partial charge in [0.1, 0.15) is 5.82 Å². The number of nitro benzene ring substituents is 1. The zero-order chi connectivity index (χ0) is 24.5. The van der Waals surface area contributed by atoms with E-state index in [4.69, 9.17) is 5.73 Å². The van der Waals surface area contributed by atoms with Crippen molar-refractivity contribution in [3.8, 4) is 0 Å². The minimum absolute atomic E-state index is 0.0203. The van der Waals surface area contributed by atoms with Crippen LogP contribution in [0, 0.1) is 21.8 Å². The second-order valence-electron chi connectivity index (χ2n) is 8.54. The molecule has 1 aliphatic rings. The highest BCUT2D eigenvalue weighted by Gasteiger charge is 2.33. The van der Waals surface area contributed by atoms with Crippen molar-refractivity contribution in [3.05, 3.63) is 74.4 Å². The Morgan fingerprint density at radius 1 is 1.24 bits per heavy atom. The van der Waals surface area contributed by atoms with Crippen LogP contribution in [0.15, 0.2) is 52.3 Å². The molecule has 34 heavy (non-hydrogen) atoms. The number of aromatic nitrogens is 2. The first-order valence-electron chi connectivity index (χ1n) is 10.8. The number of rotatable bonds is 7. The Labute approximate surface area is 194 Å². The van der Waals surface area contributed by atoms with Gasteiger partial charge in [0.05, 0.1) is 22.2 Å². The maximum Gasteiger partial charge on any atom is 0.289 e. The minimum atomic E-state index is -4.28. The van der Waals surface area contributed by atoms with Gasteiger partial charge >= 0.3 is 0 Å². The van der Waals surface area contributed by atoms with E-state index in [1.165, 1.54) is 24.3 Å². The van der Waals surface area contributed by atoms with Gasteiger partial charge in [-0.15, -0.1) is 0 Å². The highest BCUT2D eigenvalue weighted by Crippen LogP contribution is 2.30. The molecule has 4 N–H and O–H groups in total. The number of sulfonamides is 1. The summed E-state index contributed by atoms with van der Waals surface area (Å²) in [4.78, 5) is 29.5. The standard InChI is InChI=1S/C22H24FN5O5S/c23-15-11-19-18(25-12-15)10-14(22(29)26-19)9-17(13-5-7-16(24)8-6-13)27-34(32,33)21-4-2-1-3-20(21)28(30)31/h1-4,10-13,16-17,27H,5-9,24H2,(H,26,29). The SMILES string of the molecule is NC1CCC(C(Cc2cc3ncc(F)cc3[nH]c2=O)NS(=O)(=O)c2ccccc2[N+](=O)[O-])CC1. The number of para-hydroxylation sites is 1. The lowest BCUT2D eigenvalue weighted by Crippen LogP contribution is -2.45. The number of hydrogen-bond acceptors (Lipinski definition) is 7. The summed E-state index contributed by atoms with van der Waals surface area (Å²) in [6.45, 7) is 0. The van der Waals surface area contributed by atoms with Crippen molar-refractivity contribution < 1.29 is 17.7 Å². The number of benzene rings is 1. The number of halogens is 1. The molecule has 180 valence electrons. The average Bonchev–Trinajstić information content (AvgIpc) is 2.79. The summed E-state index contributed by atoms with van der Waals surface area (Å²) in [5.74, 6) is -0.724. The summed E-state index contributed by atoms with van der Waals surface area (Å²) in [5, 5.41) is 11.4. The summed E-state index contributed by atoms with van der Waals surface area (Å²) < 4.78 is 42.5. The molecule has 1 atom stereocenters. The number of nitrogens with zero attached hydrogens (tertiary/aromatic N) is 2. The summed E-state index contributed by atoms with van der Waals surface area (Å²) >= 11 is 0. The molecule has 4 rings (SSSR count). The van der Waals surface area contributed by atoms with E-state index in [1.54, 1.807) is 0 Å². The van der Waals surface area contributed by atoms with Crippen molar-refractivity contribution in [2.24, 2.45) is 11.7 Å². The van der Waals surface area contributed by atoms with Crippen LogP contribution in [0.25, 0.3) is 11.0 Å². The van der Waals surface area contributed by atoms with Crippen LogP contribution in [0.4, 0.5) is 10.1 Å². The molecular formula is C22H24FN5O5S. The highest BCUT2D eigenvalue weighted by molar-refractivity contribution is 7.89. The molecule has 0 amide bonds. The molecule has 3 aromatic rings. The fraction of sp³-hybridized carbons (Fsp3) is 0.364. The number of nitrogens with one attached hydrogen (secondary N) is 2. The number of pyridine rings is 2. The van der Waals surface area contributed by atoms with Crippen LogP contribution < -0.4 is 16.0 Å². The lowest BCUT2D eigenvalue weighted by molar-refractivity contribution is -0.387. The molecule has 1 aliphatic carbocycles. The van der Waals surface area contributed by atoms with Crippen molar-refractivity contribution in [2.45, 2.75) is 49.1 Å². The largest absolute Gasteiger partial charge is 0.328 e.